The van der Waals surface area contributed by atoms with Crippen LogP contribution < -0.4 is 16.1 Å². The zero-order valence-electron chi connectivity index (χ0n) is 24.2. The number of aromatic nitrogens is 1. The number of alkyl halides is 3. The van der Waals surface area contributed by atoms with E-state index in [0.29, 0.717) is 17.8 Å². The SMILES string of the molecule is O=C(CN1CCN(Cc2csc(-c3ccc(NC(=O)Nc4ccc(C(F)(F)F)cc4Cl)cc3)n2)CC1)N/N=C/c1ccccc1O. The monoisotopic (exact) mass is 671 g/mol. The van der Waals surface area contributed by atoms with Crippen molar-refractivity contribution < 1.29 is 27.9 Å². The van der Waals surface area contributed by atoms with Crippen LogP contribution in [0.2, 0.25) is 5.02 Å². The Morgan fingerprint density at radius 1 is 1.00 bits per heavy atom. The van der Waals surface area contributed by atoms with Crippen molar-refractivity contribution in [3.05, 3.63) is 94.0 Å². The van der Waals surface area contributed by atoms with Crippen LogP contribution in [0.3, 0.4) is 0 Å². The Balaban J connectivity index is 1.05. The van der Waals surface area contributed by atoms with Crippen LogP contribution in [0, 0.1) is 0 Å². The van der Waals surface area contributed by atoms with Gasteiger partial charge < -0.3 is 15.7 Å². The maximum absolute atomic E-state index is 12.8. The summed E-state index contributed by atoms with van der Waals surface area (Å²) in [5, 5.41) is 21.4. The van der Waals surface area contributed by atoms with Gasteiger partial charge in [-0.1, -0.05) is 23.7 Å². The molecule has 0 spiro atoms. The number of piperazine rings is 1. The number of hydrogen-bond donors (Lipinski definition) is 4. The highest BCUT2D eigenvalue weighted by atomic mass is 35.5. The predicted octanol–water partition coefficient (Wildman–Crippen LogP) is 6.10. The topological polar surface area (TPSA) is 122 Å². The minimum absolute atomic E-state index is 0.0535. The summed E-state index contributed by atoms with van der Waals surface area (Å²) in [6.07, 6.45) is -3.13. The van der Waals surface area contributed by atoms with E-state index in [2.05, 4.69) is 31.0 Å². The first-order valence-electron chi connectivity index (χ1n) is 14.1. The lowest BCUT2D eigenvalue weighted by molar-refractivity contribution is -0.137. The zero-order valence-corrected chi connectivity index (χ0v) is 25.8. The van der Waals surface area contributed by atoms with Gasteiger partial charge in [-0.3, -0.25) is 14.6 Å². The second-order valence-electron chi connectivity index (χ2n) is 10.4. The van der Waals surface area contributed by atoms with E-state index >= 15 is 0 Å². The summed E-state index contributed by atoms with van der Waals surface area (Å²) < 4.78 is 38.5. The lowest BCUT2D eigenvalue weighted by Crippen LogP contribution is -2.48. The number of anilines is 2. The fourth-order valence-electron chi connectivity index (χ4n) is 4.63. The van der Waals surface area contributed by atoms with Gasteiger partial charge in [0.05, 0.1) is 34.7 Å². The molecule has 2 heterocycles. The maximum atomic E-state index is 12.8. The molecule has 1 aliphatic heterocycles. The number of urea groups is 1. The number of carbonyl (C=O) groups excluding carboxylic acids is 2. The highest BCUT2D eigenvalue weighted by Crippen LogP contribution is 2.34. The van der Waals surface area contributed by atoms with Crippen LogP contribution in [0.15, 0.2) is 77.2 Å². The van der Waals surface area contributed by atoms with E-state index < -0.39 is 17.8 Å². The van der Waals surface area contributed by atoms with Crippen molar-refractivity contribution in [3.8, 4) is 16.3 Å². The number of nitrogens with zero attached hydrogens (tertiary/aromatic N) is 4. The molecule has 10 nitrogen and oxygen atoms in total. The van der Waals surface area contributed by atoms with E-state index in [1.165, 1.54) is 17.6 Å². The number of thiazole rings is 1. The third-order valence-electron chi connectivity index (χ3n) is 7.03. The first kappa shape index (κ1) is 32.9. The second kappa shape index (κ2) is 14.7. The molecule has 1 aromatic heterocycles. The molecular weight excluding hydrogens is 643 g/mol. The Kier molecular flexibility index (Phi) is 10.5. The van der Waals surface area contributed by atoms with Crippen molar-refractivity contribution in [1.29, 1.82) is 0 Å². The van der Waals surface area contributed by atoms with Crippen molar-refractivity contribution in [3.63, 3.8) is 0 Å². The number of aromatic hydroxyl groups is 1. The van der Waals surface area contributed by atoms with Gasteiger partial charge in [-0.15, -0.1) is 11.3 Å². The van der Waals surface area contributed by atoms with E-state index in [1.807, 2.05) is 17.5 Å². The number of carbonyl (C=O) groups is 2. The molecule has 240 valence electrons. The summed E-state index contributed by atoms with van der Waals surface area (Å²) in [5.74, 6) is -0.138. The number of phenols is 1. The molecule has 15 heteroatoms. The number of benzene rings is 3. The summed E-state index contributed by atoms with van der Waals surface area (Å²) in [7, 11) is 0. The molecule has 0 aliphatic carbocycles. The Labute approximate surface area is 271 Å². The van der Waals surface area contributed by atoms with Crippen LogP contribution in [0.1, 0.15) is 16.8 Å². The molecule has 0 unspecified atom stereocenters. The van der Waals surface area contributed by atoms with Crippen molar-refractivity contribution in [2.24, 2.45) is 5.10 Å². The number of para-hydroxylation sites is 1. The van der Waals surface area contributed by atoms with Crippen molar-refractivity contribution in [2.45, 2.75) is 12.7 Å². The average molecular weight is 672 g/mol. The fourth-order valence-corrected chi connectivity index (χ4v) is 5.67. The molecule has 1 aliphatic rings. The van der Waals surface area contributed by atoms with E-state index in [4.69, 9.17) is 16.6 Å². The van der Waals surface area contributed by atoms with Gasteiger partial charge in [-0.25, -0.2) is 15.2 Å². The van der Waals surface area contributed by atoms with Gasteiger partial charge in [0.2, 0.25) is 0 Å². The highest BCUT2D eigenvalue weighted by molar-refractivity contribution is 7.13. The van der Waals surface area contributed by atoms with Crippen LogP contribution in [0.25, 0.3) is 10.6 Å². The van der Waals surface area contributed by atoms with Crippen LogP contribution in [-0.2, 0) is 17.5 Å². The van der Waals surface area contributed by atoms with Gasteiger partial charge in [0.25, 0.3) is 5.91 Å². The van der Waals surface area contributed by atoms with Crippen LogP contribution >= 0.6 is 22.9 Å². The summed E-state index contributed by atoms with van der Waals surface area (Å²) in [4.78, 5) is 33.8. The average Bonchev–Trinajstić information content (AvgIpc) is 3.48. The van der Waals surface area contributed by atoms with Crippen molar-refractivity contribution in [2.75, 3.05) is 43.4 Å². The van der Waals surface area contributed by atoms with Gasteiger partial charge in [0, 0.05) is 54.9 Å². The largest absolute Gasteiger partial charge is 0.507 e. The molecule has 0 saturated carbocycles. The van der Waals surface area contributed by atoms with Crippen LogP contribution in [0.4, 0.5) is 29.3 Å². The van der Waals surface area contributed by atoms with Gasteiger partial charge in [-0.05, 0) is 54.6 Å². The minimum Gasteiger partial charge on any atom is -0.507 e. The lowest BCUT2D eigenvalue weighted by Gasteiger charge is -2.33. The van der Waals surface area contributed by atoms with E-state index in [9.17, 15) is 27.9 Å². The van der Waals surface area contributed by atoms with Gasteiger partial charge in [-0.2, -0.15) is 18.3 Å². The van der Waals surface area contributed by atoms with Gasteiger partial charge in [0.15, 0.2) is 0 Å². The fraction of sp³-hybridized carbons (Fsp3) is 0.226. The number of halogens is 4. The molecule has 0 atom stereocenters. The predicted molar refractivity (Wildman–Crippen MR) is 172 cm³/mol. The molecule has 1 saturated heterocycles. The molecule has 46 heavy (non-hydrogen) atoms. The molecule has 3 aromatic carbocycles. The number of nitrogens with one attached hydrogen (secondary N) is 3. The van der Waals surface area contributed by atoms with Gasteiger partial charge in [0.1, 0.15) is 10.8 Å². The van der Waals surface area contributed by atoms with Crippen molar-refractivity contribution >= 4 is 52.5 Å². The first-order valence-corrected chi connectivity index (χ1v) is 15.3. The van der Waals surface area contributed by atoms with Crippen molar-refractivity contribution in [1.82, 2.24) is 20.2 Å². The second-order valence-corrected chi connectivity index (χ2v) is 11.7. The van der Waals surface area contributed by atoms with Crippen LogP contribution in [-0.4, -0.2) is 70.8 Å². The summed E-state index contributed by atoms with van der Waals surface area (Å²) in [5.41, 5.74) is 4.45. The maximum Gasteiger partial charge on any atom is 0.416 e. The molecule has 1 fully saturated rings. The van der Waals surface area contributed by atoms with Gasteiger partial charge >= 0.3 is 12.2 Å². The molecule has 4 N–H and O–H groups in total. The first-order chi connectivity index (χ1) is 22.0. The Morgan fingerprint density at radius 2 is 1.72 bits per heavy atom. The molecular formula is C31H29ClF3N7O3S. The third-order valence-corrected chi connectivity index (χ3v) is 8.29. The molecule has 4 aromatic rings. The van der Waals surface area contributed by atoms with E-state index in [0.717, 1.165) is 60.6 Å². The number of rotatable bonds is 9. The smallest absolute Gasteiger partial charge is 0.416 e. The Morgan fingerprint density at radius 3 is 2.41 bits per heavy atom. The zero-order chi connectivity index (χ0) is 32.7. The van der Waals surface area contributed by atoms with E-state index in [-0.39, 0.29) is 28.9 Å². The standard InChI is InChI=1S/C31H29ClF3N7O3S/c32-25-15-22(31(33,34)35)7-10-26(25)39-30(45)38-23-8-5-20(6-9-23)29-37-24(19-46-29)17-41-11-13-42(14-12-41)18-28(44)40-36-16-21-3-1-2-4-27(21)43/h1-10,15-16,19,43H,11-14,17-18H2,(H,40,44)(H2,38,39,45)/b36-16+. The molecule has 3 amide bonds. The normalized spacial score (nSPS) is 14.3. The quantitative estimate of drug-likeness (QED) is 0.126. The number of hydrazone groups is 1. The third kappa shape index (κ3) is 9.03. The number of amides is 3. The van der Waals surface area contributed by atoms with Crippen LogP contribution in [0.5, 0.6) is 5.75 Å². The summed E-state index contributed by atoms with van der Waals surface area (Å²) in [6.45, 7) is 3.90. The highest BCUT2D eigenvalue weighted by Gasteiger charge is 2.31. The molecule has 0 radical (unpaired) electrons. The van der Waals surface area contributed by atoms with E-state index in [1.54, 1.807) is 36.4 Å². The molecule has 5 rings (SSSR count). The summed E-state index contributed by atoms with van der Waals surface area (Å²) >= 11 is 7.42. The Hall–Kier alpha value is -4.50. The number of hydrogen-bond acceptors (Lipinski definition) is 8. The lowest BCUT2D eigenvalue weighted by atomic mass is 10.2. The molecule has 0 bridgehead atoms. The minimum atomic E-state index is -4.53. The summed E-state index contributed by atoms with van der Waals surface area (Å²) in [6, 6.07) is 15.8. The number of phenolic OH excluding ortho intramolecular Hbond substituents is 1. The Bertz CT molecular complexity index is 1710.